The summed E-state index contributed by atoms with van der Waals surface area (Å²) < 4.78 is 27.6. The minimum absolute atomic E-state index is 0.0426. The fraction of sp³-hybridized carbons (Fsp3) is 0.0725. The van der Waals surface area contributed by atoms with E-state index in [1.807, 2.05) is 115 Å². The van der Waals surface area contributed by atoms with E-state index >= 15 is 0 Å². The first kappa shape index (κ1) is 60.6. The van der Waals surface area contributed by atoms with Crippen LogP contribution in [0.3, 0.4) is 0 Å². The van der Waals surface area contributed by atoms with E-state index < -0.39 is 0 Å². The van der Waals surface area contributed by atoms with Gasteiger partial charge in [0.25, 0.3) is 22.2 Å². The van der Waals surface area contributed by atoms with Crippen LogP contribution in [0.2, 0.25) is 10.0 Å². The molecule has 0 saturated heterocycles. The Bertz CT molecular complexity index is 5780. The number of halogens is 3. The predicted molar refractivity (Wildman–Crippen MR) is 367 cm³/mol. The Morgan fingerprint density at radius 1 is 0.376 bits per heavy atom. The van der Waals surface area contributed by atoms with Crippen molar-refractivity contribution in [3.63, 3.8) is 0 Å². The van der Waals surface area contributed by atoms with Crippen LogP contribution in [-0.2, 0) is 6.61 Å². The van der Waals surface area contributed by atoms with Gasteiger partial charge in [0.05, 0.1) is 123 Å². The lowest BCUT2D eigenvalue weighted by Crippen LogP contribution is -2.14. The Labute approximate surface area is 543 Å². The number of aliphatic hydroxyl groups is 1. The number of nitrogens with zero attached hydrogens (tertiary/aromatic N) is 8. The number of fused-ring (bicyclic) bond motifs is 12. The molecule has 0 spiro atoms. The predicted octanol–water partition coefficient (Wildman–Crippen LogP) is 13.1. The van der Waals surface area contributed by atoms with Crippen LogP contribution >= 0.6 is 39.1 Å². The van der Waals surface area contributed by atoms with Crippen LogP contribution in [-0.4, -0.2) is 92.6 Å². The standard InChI is InChI=1S/C18H15N3O3.C17H12BrN3O2.2C17H12ClN3O2/c1-24-13-5-3-12(4-6-13)21-18(23)15-9-19-16-8-11(10-22)2-7-14(16)17(15)20-21;1-23-12-5-3-11(4-6-12)21-17(22)14-9-19-15-8-10(18)2-7-13(15)16(14)20-21;1-23-12-5-3-11(4-6-12)21-17(22)14-9-19-15-7-2-10(18)8-13(15)16(14)20-21;1-23-12-4-2-3-11(8-12)21-17(22)14-9-19-15-6-5-10(18)7-13(15)16(14)20-21/h2-9,20,22H,10H2,1H3;3*2-9,20H,1H3. The third-order valence-corrected chi connectivity index (χ3v) is 16.5. The Balaban J connectivity index is 0.000000113. The summed E-state index contributed by atoms with van der Waals surface area (Å²) in [7, 11) is 6.40. The molecule has 0 unspecified atom stereocenters. The molecular weight excluding hydrogens is 1290 g/mol. The molecule has 16 rings (SSSR count). The number of aliphatic hydroxyl groups excluding tert-OH is 1. The van der Waals surface area contributed by atoms with Crippen LogP contribution in [0, 0.1) is 0 Å². The average Bonchev–Trinajstić information content (AvgIpc) is 1.67. The summed E-state index contributed by atoms with van der Waals surface area (Å²) >= 11 is 15.6. The smallest absolute Gasteiger partial charge is 0.280 e. The Morgan fingerprint density at radius 3 is 1.14 bits per heavy atom. The molecule has 462 valence electrons. The first-order valence-electron chi connectivity index (χ1n) is 28.5. The van der Waals surface area contributed by atoms with Gasteiger partial charge in [-0.25, -0.2) is 18.7 Å². The quantitative estimate of drug-likeness (QED) is 0.0902. The van der Waals surface area contributed by atoms with E-state index in [1.54, 1.807) is 108 Å². The van der Waals surface area contributed by atoms with E-state index in [2.05, 4.69) is 56.3 Å². The number of pyridine rings is 4. The molecule has 0 bridgehead atoms. The lowest BCUT2D eigenvalue weighted by Gasteiger charge is -2.04. The molecule has 16 aromatic rings. The highest BCUT2D eigenvalue weighted by molar-refractivity contribution is 9.10. The van der Waals surface area contributed by atoms with Gasteiger partial charge >= 0.3 is 0 Å². The van der Waals surface area contributed by atoms with Gasteiger partial charge in [-0.15, -0.1) is 0 Å². The van der Waals surface area contributed by atoms with E-state index in [-0.39, 0.29) is 28.8 Å². The van der Waals surface area contributed by atoms with E-state index in [1.165, 1.54) is 18.7 Å². The molecule has 0 aliphatic rings. The molecule has 93 heavy (non-hydrogen) atoms. The maximum absolute atomic E-state index is 12.7. The Hall–Kier alpha value is -11.3. The van der Waals surface area contributed by atoms with Gasteiger partial charge in [0.2, 0.25) is 0 Å². The summed E-state index contributed by atoms with van der Waals surface area (Å²) in [5.74, 6) is 2.89. The molecule has 0 radical (unpaired) electrons. The SMILES string of the molecule is COc1ccc(-n2[nH]c3c(cnc4cc(Br)ccc43)c2=O)cc1.COc1ccc(-n2[nH]c3c(cnc4cc(CO)ccc43)c2=O)cc1.COc1ccc(-n2[nH]c3c(cnc4ccc(Cl)cc43)c2=O)cc1.COc1cccc(-n2[nH]c3c(cnc4ccc(Cl)cc43)c2=O)c1. The topological polar surface area (TPSA) is 260 Å². The fourth-order valence-corrected chi connectivity index (χ4v) is 11.5. The molecule has 5 N–H and O–H groups in total. The van der Waals surface area contributed by atoms with E-state index in [4.69, 9.17) is 42.1 Å². The van der Waals surface area contributed by atoms with Gasteiger partial charge in [0, 0.05) is 66.9 Å². The van der Waals surface area contributed by atoms with Crippen molar-refractivity contribution < 1.29 is 24.1 Å². The number of aromatic nitrogens is 12. The molecule has 0 aliphatic carbocycles. The number of hydrogen-bond donors (Lipinski definition) is 5. The van der Waals surface area contributed by atoms with Crippen LogP contribution in [0.5, 0.6) is 23.0 Å². The van der Waals surface area contributed by atoms with Crippen LogP contribution in [0.25, 0.3) is 110 Å². The van der Waals surface area contributed by atoms with Crippen molar-refractivity contribution in [2.24, 2.45) is 0 Å². The van der Waals surface area contributed by atoms with Gasteiger partial charge in [0.1, 0.15) is 23.0 Å². The largest absolute Gasteiger partial charge is 0.497 e. The number of ether oxygens (including phenoxy) is 4. The first-order chi connectivity index (χ1) is 45.2. The molecule has 0 atom stereocenters. The van der Waals surface area contributed by atoms with Crippen molar-refractivity contribution in [2.75, 3.05) is 28.4 Å². The summed E-state index contributed by atoms with van der Waals surface area (Å²) in [5, 5.41) is 28.6. The van der Waals surface area contributed by atoms with Gasteiger partial charge in [-0.05, 0) is 151 Å². The van der Waals surface area contributed by atoms with Crippen molar-refractivity contribution in [2.45, 2.75) is 6.61 Å². The normalized spacial score (nSPS) is 11.2. The van der Waals surface area contributed by atoms with Crippen molar-refractivity contribution >= 4 is 126 Å². The van der Waals surface area contributed by atoms with Crippen molar-refractivity contribution in [1.29, 1.82) is 0 Å². The second kappa shape index (κ2) is 25.5. The fourth-order valence-electron chi connectivity index (χ4n) is 10.8. The highest BCUT2D eigenvalue weighted by atomic mass is 79.9. The zero-order valence-corrected chi connectivity index (χ0v) is 52.7. The number of rotatable bonds is 9. The van der Waals surface area contributed by atoms with E-state index in [9.17, 15) is 24.3 Å². The molecule has 0 fully saturated rings. The zero-order valence-electron chi connectivity index (χ0n) is 49.6. The third-order valence-electron chi connectivity index (χ3n) is 15.5. The van der Waals surface area contributed by atoms with E-state index in [0.29, 0.717) is 48.5 Å². The molecule has 8 aromatic heterocycles. The van der Waals surface area contributed by atoms with Crippen LogP contribution in [0.15, 0.2) is 218 Å². The summed E-state index contributed by atoms with van der Waals surface area (Å²) in [6, 6.07) is 51.2. The van der Waals surface area contributed by atoms with Gasteiger partial charge < -0.3 is 24.1 Å². The van der Waals surface area contributed by atoms with Gasteiger partial charge in [-0.1, -0.05) is 57.3 Å². The van der Waals surface area contributed by atoms with Crippen LogP contribution in [0.4, 0.5) is 0 Å². The number of benzene rings is 8. The molecule has 21 nitrogen and oxygen atoms in total. The summed E-state index contributed by atoms with van der Waals surface area (Å²) in [6.07, 6.45) is 6.35. The summed E-state index contributed by atoms with van der Waals surface area (Å²) in [6.45, 7) is -0.0426. The number of nitrogens with one attached hydrogen (secondary N) is 4. The van der Waals surface area contributed by atoms with Gasteiger partial charge in [0.15, 0.2) is 0 Å². The molecular formula is C69H51BrCl2N12O9. The second-order valence-corrected chi connectivity index (χ2v) is 22.8. The minimum Gasteiger partial charge on any atom is -0.497 e. The minimum atomic E-state index is -0.164. The second-order valence-electron chi connectivity index (χ2n) is 21.0. The lowest BCUT2D eigenvalue weighted by atomic mass is 10.1. The highest BCUT2D eigenvalue weighted by Gasteiger charge is 2.17. The third kappa shape index (κ3) is 11.7. The maximum atomic E-state index is 12.7. The molecule has 8 aromatic carbocycles. The number of hydrogen-bond acceptors (Lipinski definition) is 13. The molecule has 0 aliphatic heterocycles. The highest BCUT2D eigenvalue weighted by Crippen LogP contribution is 2.29. The van der Waals surface area contributed by atoms with Crippen LogP contribution < -0.4 is 41.2 Å². The molecule has 8 heterocycles. The van der Waals surface area contributed by atoms with Gasteiger partial charge in [-0.3, -0.25) is 59.5 Å². The zero-order chi connectivity index (χ0) is 64.6. The van der Waals surface area contributed by atoms with Crippen molar-refractivity contribution in [3.05, 3.63) is 256 Å². The molecule has 0 saturated carbocycles. The molecule has 24 heteroatoms. The Morgan fingerprint density at radius 2 is 0.742 bits per heavy atom. The lowest BCUT2D eigenvalue weighted by molar-refractivity contribution is 0.282. The number of aromatic amines is 4. The van der Waals surface area contributed by atoms with E-state index in [0.717, 1.165) is 105 Å². The van der Waals surface area contributed by atoms with Crippen molar-refractivity contribution in [1.82, 2.24) is 59.1 Å². The maximum Gasteiger partial charge on any atom is 0.280 e. The summed E-state index contributed by atoms with van der Waals surface area (Å²) in [4.78, 5) is 68.0. The monoisotopic (exact) mass is 1340 g/mol. The first-order valence-corrected chi connectivity index (χ1v) is 30.1. The van der Waals surface area contributed by atoms with Crippen LogP contribution in [0.1, 0.15) is 5.56 Å². The van der Waals surface area contributed by atoms with Gasteiger partial charge in [-0.2, -0.15) is 0 Å². The number of H-pyrrole nitrogens is 4. The average molecular weight is 1340 g/mol. The Kier molecular flexibility index (Phi) is 16.6. The molecule has 0 amide bonds. The number of methoxy groups -OCH3 is 4. The summed E-state index contributed by atoms with van der Waals surface area (Å²) in [5.41, 5.74) is 9.14. The van der Waals surface area contributed by atoms with Crippen molar-refractivity contribution in [3.8, 4) is 45.7 Å².